The average molecular weight is 551 g/mol. The van der Waals surface area contributed by atoms with Crippen molar-refractivity contribution in [2.45, 2.75) is 82.3 Å². The van der Waals surface area contributed by atoms with Gasteiger partial charge in [0.05, 0.1) is 23.0 Å². The van der Waals surface area contributed by atoms with E-state index in [-0.39, 0.29) is 47.0 Å². The molecule has 206 valence electrons. The van der Waals surface area contributed by atoms with Crippen LogP contribution in [0.4, 0.5) is 19.4 Å². The average Bonchev–Trinajstić information content (AvgIpc) is 3.46. The van der Waals surface area contributed by atoms with Gasteiger partial charge in [-0.3, -0.25) is 9.80 Å². The van der Waals surface area contributed by atoms with E-state index in [9.17, 15) is 9.18 Å². The van der Waals surface area contributed by atoms with Gasteiger partial charge in [0, 0.05) is 32.3 Å². The molecule has 0 N–H and O–H groups in total. The minimum atomic E-state index is -0.883. The van der Waals surface area contributed by atoms with Crippen LogP contribution in [0.2, 0.25) is 5.15 Å². The predicted molar refractivity (Wildman–Crippen MR) is 138 cm³/mol. The molecular weight excluding hydrogens is 518 g/mol. The molecule has 9 nitrogen and oxygen atoms in total. The molecule has 4 atom stereocenters. The molecule has 1 amide bonds. The zero-order valence-corrected chi connectivity index (χ0v) is 22.7. The summed E-state index contributed by atoms with van der Waals surface area (Å²) >= 11 is 6.00. The molecule has 0 radical (unpaired) electrons. The number of nitrogens with zero attached hydrogens (tertiary/aromatic N) is 6. The zero-order valence-electron chi connectivity index (χ0n) is 21.9. The lowest BCUT2D eigenvalue weighted by Crippen LogP contribution is -2.57. The van der Waals surface area contributed by atoms with Gasteiger partial charge >= 0.3 is 12.1 Å². The maximum absolute atomic E-state index is 15.1. The summed E-state index contributed by atoms with van der Waals surface area (Å²) < 4.78 is 41.1. The normalized spacial score (nSPS) is 29.3. The lowest BCUT2D eigenvalue weighted by molar-refractivity contribution is 0.0122. The van der Waals surface area contributed by atoms with Gasteiger partial charge < -0.3 is 14.4 Å². The number of aromatic nitrogens is 3. The second-order valence-electron chi connectivity index (χ2n) is 12.0. The Hall–Kier alpha value is -2.53. The minimum Gasteiger partial charge on any atom is -0.461 e. The molecule has 2 aromatic heterocycles. The van der Waals surface area contributed by atoms with Gasteiger partial charge in [-0.1, -0.05) is 11.6 Å². The van der Waals surface area contributed by atoms with Crippen molar-refractivity contribution in [1.29, 1.82) is 0 Å². The molecule has 0 aromatic carbocycles. The largest absolute Gasteiger partial charge is 0.461 e. The number of hydrogen-bond donors (Lipinski definition) is 0. The van der Waals surface area contributed by atoms with Crippen LogP contribution in [0.3, 0.4) is 0 Å². The minimum absolute atomic E-state index is 0.0270. The van der Waals surface area contributed by atoms with Crippen molar-refractivity contribution in [3.05, 3.63) is 17.2 Å². The van der Waals surface area contributed by atoms with E-state index < -0.39 is 17.6 Å². The summed E-state index contributed by atoms with van der Waals surface area (Å²) in [7, 11) is 0. The lowest BCUT2D eigenvalue weighted by atomic mass is 9.95. The first-order valence-electron chi connectivity index (χ1n) is 13.3. The summed E-state index contributed by atoms with van der Waals surface area (Å²) in [6.45, 7) is 8.06. The molecular formula is C26H33ClF2N6O3. The molecule has 6 rings (SSSR count). The van der Waals surface area contributed by atoms with Crippen LogP contribution in [0.5, 0.6) is 6.01 Å². The molecule has 2 bridgehead atoms. The van der Waals surface area contributed by atoms with Crippen LogP contribution < -0.4 is 9.64 Å². The Morgan fingerprint density at radius 3 is 2.66 bits per heavy atom. The van der Waals surface area contributed by atoms with E-state index in [1.54, 1.807) is 0 Å². The molecule has 38 heavy (non-hydrogen) atoms. The van der Waals surface area contributed by atoms with Gasteiger partial charge in [-0.15, -0.1) is 0 Å². The number of hydrogen-bond acceptors (Lipinski definition) is 8. The number of pyridine rings is 1. The number of amides is 1. The molecule has 0 aliphatic carbocycles. The first-order valence-corrected chi connectivity index (χ1v) is 13.7. The number of fused-ring (bicyclic) bond motifs is 4. The van der Waals surface area contributed by atoms with Crippen molar-refractivity contribution in [3.63, 3.8) is 0 Å². The highest BCUT2D eigenvalue weighted by molar-refractivity contribution is 6.30. The van der Waals surface area contributed by atoms with Crippen LogP contribution in [-0.2, 0) is 4.74 Å². The third-order valence-corrected chi connectivity index (χ3v) is 8.48. The number of alkyl halides is 1. The predicted octanol–water partition coefficient (Wildman–Crippen LogP) is 4.36. The van der Waals surface area contributed by atoms with Gasteiger partial charge in [-0.05, 0) is 53.0 Å². The maximum atomic E-state index is 15.1. The van der Waals surface area contributed by atoms with Crippen molar-refractivity contribution >= 4 is 34.4 Å². The number of carbonyl (C=O) groups is 1. The smallest absolute Gasteiger partial charge is 0.410 e. The Kier molecular flexibility index (Phi) is 6.29. The molecule has 4 aliphatic heterocycles. The first-order chi connectivity index (χ1) is 18.0. The number of halogens is 3. The number of rotatable bonds is 4. The molecule has 2 unspecified atom stereocenters. The fourth-order valence-electron chi connectivity index (χ4n) is 6.64. The molecule has 4 fully saturated rings. The van der Waals surface area contributed by atoms with Crippen molar-refractivity contribution in [2.24, 2.45) is 0 Å². The third kappa shape index (κ3) is 4.51. The summed E-state index contributed by atoms with van der Waals surface area (Å²) in [6.07, 6.45) is 4.20. The van der Waals surface area contributed by atoms with Crippen molar-refractivity contribution in [3.8, 4) is 6.01 Å². The van der Waals surface area contributed by atoms with Gasteiger partial charge in [-0.25, -0.2) is 18.6 Å². The lowest BCUT2D eigenvalue weighted by Gasteiger charge is -2.42. The Bertz CT molecular complexity index is 1250. The topological polar surface area (TPSA) is 83.9 Å². The molecule has 4 aliphatic rings. The summed E-state index contributed by atoms with van der Waals surface area (Å²) in [5.41, 5.74) is -0.937. The third-order valence-electron chi connectivity index (χ3n) is 8.22. The second kappa shape index (κ2) is 9.29. The molecule has 12 heteroatoms. The van der Waals surface area contributed by atoms with Crippen LogP contribution >= 0.6 is 11.6 Å². The number of carbonyl (C=O) groups excluding carboxylic acids is 1. The quantitative estimate of drug-likeness (QED) is 0.519. The van der Waals surface area contributed by atoms with Crippen LogP contribution in [0, 0.1) is 5.82 Å². The van der Waals surface area contributed by atoms with Gasteiger partial charge in [0.1, 0.15) is 29.7 Å². The number of ether oxygens (including phenoxy) is 2. The highest BCUT2D eigenvalue weighted by atomic mass is 35.5. The van der Waals surface area contributed by atoms with E-state index in [1.165, 1.54) is 6.20 Å². The van der Waals surface area contributed by atoms with Crippen molar-refractivity contribution in [2.75, 3.05) is 37.7 Å². The van der Waals surface area contributed by atoms with Gasteiger partial charge in [0.25, 0.3) is 0 Å². The zero-order chi connectivity index (χ0) is 26.8. The van der Waals surface area contributed by atoms with Crippen LogP contribution in [-0.4, -0.2) is 93.0 Å². The SMILES string of the molecule is CC(C)(C)OC(=O)N1C2CCC1CN(c1nc(OC[C@]34CCCN3C[C@H](F)C4)nc3c(F)c(Cl)ncc13)C2. The Balaban J connectivity index is 1.30. The summed E-state index contributed by atoms with van der Waals surface area (Å²) in [5, 5.41) is 0.147. The van der Waals surface area contributed by atoms with E-state index in [0.29, 0.717) is 37.3 Å². The highest BCUT2D eigenvalue weighted by Crippen LogP contribution is 2.41. The molecule has 0 saturated carbocycles. The molecule has 4 saturated heterocycles. The van der Waals surface area contributed by atoms with E-state index in [2.05, 4.69) is 14.9 Å². The highest BCUT2D eigenvalue weighted by Gasteiger charge is 2.49. The summed E-state index contributed by atoms with van der Waals surface area (Å²) in [6, 6.07) is -0.0953. The van der Waals surface area contributed by atoms with E-state index >= 15 is 4.39 Å². The van der Waals surface area contributed by atoms with Crippen LogP contribution in [0.25, 0.3) is 10.9 Å². The Morgan fingerprint density at radius 2 is 1.95 bits per heavy atom. The molecule has 6 heterocycles. The fourth-order valence-corrected chi connectivity index (χ4v) is 6.78. The Labute approximate surface area is 225 Å². The number of piperazine rings is 1. The second-order valence-corrected chi connectivity index (χ2v) is 12.4. The maximum Gasteiger partial charge on any atom is 0.410 e. The van der Waals surface area contributed by atoms with E-state index in [4.69, 9.17) is 26.1 Å². The fraction of sp³-hybridized carbons (Fsp3) is 0.692. The molecule has 0 spiro atoms. The summed E-state index contributed by atoms with van der Waals surface area (Å²) in [5.74, 6) is -0.247. The van der Waals surface area contributed by atoms with Crippen LogP contribution in [0.1, 0.15) is 52.9 Å². The standard InChI is InChI=1S/C26H33ClF2N6O3/c1-25(2,3)38-24(36)35-16-5-6-17(35)13-33(12-16)22-18-10-30-21(27)19(29)20(18)31-23(32-22)37-14-26-7-4-8-34(26)11-15(28)9-26/h10,15-17H,4-9,11-14H2,1-3H3/t15-,16?,17?,26-/m1/s1. The molecule has 2 aromatic rings. The first kappa shape index (κ1) is 25.7. The van der Waals surface area contributed by atoms with Gasteiger partial charge in [-0.2, -0.15) is 9.97 Å². The van der Waals surface area contributed by atoms with Crippen LogP contribution in [0.15, 0.2) is 6.20 Å². The number of anilines is 1. The van der Waals surface area contributed by atoms with Gasteiger partial charge in [0.15, 0.2) is 11.0 Å². The monoisotopic (exact) mass is 550 g/mol. The van der Waals surface area contributed by atoms with E-state index in [0.717, 1.165) is 32.2 Å². The summed E-state index contributed by atoms with van der Waals surface area (Å²) in [4.78, 5) is 32.0. The van der Waals surface area contributed by atoms with E-state index in [1.807, 2.05) is 30.6 Å². The van der Waals surface area contributed by atoms with Crippen molar-refractivity contribution in [1.82, 2.24) is 24.8 Å². The van der Waals surface area contributed by atoms with Gasteiger partial charge in [0.2, 0.25) is 0 Å². The Morgan fingerprint density at radius 1 is 1.21 bits per heavy atom. The van der Waals surface area contributed by atoms with Crippen molar-refractivity contribution < 1.29 is 23.0 Å².